The summed E-state index contributed by atoms with van der Waals surface area (Å²) in [5.74, 6) is 0. The Morgan fingerprint density at radius 2 is 2.31 bits per heavy atom. The van der Waals surface area contributed by atoms with Gasteiger partial charge in [-0.3, -0.25) is 0 Å². The molecule has 13 heavy (non-hydrogen) atoms. The Balaban J connectivity index is 2.83. The fraction of sp³-hybridized carbons (Fsp3) is 0.300. The summed E-state index contributed by atoms with van der Waals surface area (Å²) in [6.45, 7) is 0.0674. The summed E-state index contributed by atoms with van der Waals surface area (Å²) in [6.07, 6.45) is 0.523. The molecular formula is C10H12N2O. The molecule has 0 saturated carbocycles. The number of rotatable bonds is 3. The van der Waals surface area contributed by atoms with Gasteiger partial charge in [-0.05, 0) is 24.1 Å². The summed E-state index contributed by atoms with van der Waals surface area (Å²) in [5, 5.41) is 17.3. The SMILES string of the molecule is N#Cc1cccc([C@H](N)CCO)c1. The number of nitrogens with two attached hydrogens (primary N) is 1. The van der Waals surface area contributed by atoms with Crippen LogP contribution >= 0.6 is 0 Å². The van der Waals surface area contributed by atoms with Crippen molar-refractivity contribution in [3.05, 3.63) is 35.4 Å². The summed E-state index contributed by atoms with van der Waals surface area (Å²) in [7, 11) is 0. The van der Waals surface area contributed by atoms with E-state index in [9.17, 15) is 0 Å². The van der Waals surface area contributed by atoms with Crippen LogP contribution in [0.1, 0.15) is 23.6 Å². The van der Waals surface area contributed by atoms with Crippen LogP contribution in [-0.2, 0) is 0 Å². The number of aliphatic hydroxyl groups is 1. The molecule has 0 spiro atoms. The van der Waals surface area contributed by atoms with Crippen molar-refractivity contribution < 1.29 is 5.11 Å². The first-order chi connectivity index (χ1) is 6.27. The Morgan fingerprint density at radius 3 is 2.92 bits per heavy atom. The van der Waals surface area contributed by atoms with E-state index in [0.717, 1.165) is 5.56 Å². The Kier molecular flexibility index (Phi) is 3.44. The van der Waals surface area contributed by atoms with Gasteiger partial charge < -0.3 is 10.8 Å². The minimum atomic E-state index is -0.182. The van der Waals surface area contributed by atoms with Gasteiger partial charge >= 0.3 is 0 Å². The maximum absolute atomic E-state index is 8.68. The van der Waals surface area contributed by atoms with Gasteiger partial charge in [-0.25, -0.2) is 0 Å². The molecule has 0 aliphatic heterocycles. The third kappa shape index (κ3) is 2.55. The van der Waals surface area contributed by atoms with Crippen molar-refractivity contribution in [2.45, 2.75) is 12.5 Å². The fourth-order valence-corrected chi connectivity index (χ4v) is 1.14. The van der Waals surface area contributed by atoms with E-state index in [-0.39, 0.29) is 12.6 Å². The number of aliphatic hydroxyl groups excluding tert-OH is 1. The van der Waals surface area contributed by atoms with Gasteiger partial charge in [-0.15, -0.1) is 0 Å². The first kappa shape index (κ1) is 9.72. The van der Waals surface area contributed by atoms with E-state index in [4.69, 9.17) is 16.1 Å². The van der Waals surface area contributed by atoms with Crippen molar-refractivity contribution in [1.82, 2.24) is 0 Å². The van der Waals surface area contributed by atoms with Crippen molar-refractivity contribution in [3.8, 4) is 6.07 Å². The first-order valence-corrected chi connectivity index (χ1v) is 4.14. The van der Waals surface area contributed by atoms with Gasteiger partial charge in [0.1, 0.15) is 0 Å². The molecule has 68 valence electrons. The van der Waals surface area contributed by atoms with E-state index in [1.54, 1.807) is 18.2 Å². The monoisotopic (exact) mass is 176 g/mol. The maximum Gasteiger partial charge on any atom is 0.0991 e. The fourth-order valence-electron chi connectivity index (χ4n) is 1.14. The quantitative estimate of drug-likeness (QED) is 0.720. The molecule has 1 rings (SSSR count). The van der Waals surface area contributed by atoms with Crippen molar-refractivity contribution in [3.63, 3.8) is 0 Å². The summed E-state index contributed by atoms with van der Waals surface area (Å²) < 4.78 is 0. The predicted octanol–water partition coefficient (Wildman–Crippen LogP) is 0.940. The predicted molar refractivity (Wildman–Crippen MR) is 49.8 cm³/mol. The second-order valence-electron chi connectivity index (χ2n) is 2.86. The minimum absolute atomic E-state index is 0.0674. The molecule has 0 aromatic heterocycles. The zero-order valence-electron chi connectivity index (χ0n) is 7.27. The molecule has 1 atom stereocenters. The van der Waals surface area contributed by atoms with Crippen LogP contribution in [0.15, 0.2) is 24.3 Å². The third-order valence-electron chi connectivity index (χ3n) is 1.88. The summed E-state index contributed by atoms with van der Waals surface area (Å²) in [6, 6.07) is 9.00. The zero-order valence-corrected chi connectivity index (χ0v) is 7.27. The average Bonchev–Trinajstić information content (AvgIpc) is 2.18. The van der Waals surface area contributed by atoms with Crippen LogP contribution in [0.2, 0.25) is 0 Å². The number of benzene rings is 1. The van der Waals surface area contributed by atoms with Gasteiger partial charge in [-0.1, -0.05) is 12.1 Å². The van der Waals surface area contributed by atoms with Crippen molar-refractivity contribution in [2.75, 3.05) is 6.61 Å². The summed E-state index contributed by atoms with van der Waals surface area (Å²) in [4.78, 5) is 0. The molecule has 0 aliphatic carbocycles. The average molecular weight is 176 g/mol. The van der Waals surface area contributed by atoms with E-state index < -0.39 is 0 Å². The van der Waals surface area contributed by atoms with Gasteiger partial charge in [0.15, 0.2) is 0 Å². The number of nitriles is 1. The molecule has 0 unspecified atom stereocenters. The van der Waals surface area contributed by atoms with Gasteiger partial charge in [0.25, 0.3) is 0 Å². The molecular weight excluding hydrogens is 164 g/mol. The Hall–Kier alpha value is -1.37. The van der Waals surface area contributed by atoms with Crippen LogP contribution in [0.4, 0.5) is 0 Å². The number of hydrogen-bond acceptors (Lipinski definition) is 3. The molecule has 0 heterocycles. The van der Waals surface area contributed by atoms with Gasteiger partial charge in [-0.2, -0.15) is 5.26 Å². The number of nitrogens with zero attached hydrogens (tertiary/aromatic N) is 1. The topological polar surface area (TPSA) is 70.0 Å². The first-order valence-electron chi connectivity index (χ1n) is 4.14. The molecule has 3 N–H and O–H groups in total. The molecule has 1 aromatic carbocycles. The Labute approximate surface area is 77.4 Å². The third-order valence-corrected chi connectivity index (χ3v) is 1.88. The number of hydrogen-bond donors (Lipinski definition) is 2. The van der Waals surface area contributed by atoms with E-state index >= 15 is 0 Å². The van der Waals surface area contributed by atoms with Crippen LogP contribution in [-0.4, -0.2) is 11.7 Å². The second-order valence-corrected chi connectivity index (χ2v) is 2.86. The van der Waals surface area contributed by atoms with E-state index in [1.807, 2.05) is 12.1 Å². The highest BCUT2D eigenvalue weighted by molar-refractivity contribution is 5.34. The second kappa shape index (κ2) is 4.61. The lowest BCUT2D eigenvalue weighted by Gasteiger charge is -2.09. The highest BCUT2D eigenvalue weighted by atomic mass is 16.3. The lowest BCUT2D eigenvalue weighted by atomic mass is 10.0. The minimum Gasteiger partial charge on any atom is -0.396 e. The normalized spacial score (nSPS) is 12.1. The van der Waals surface area contributed by atoms with Crippen molar-refractivity contribution in [1.29, 1.82) is 5.26 Å². The van der Waals surface area contributed by atoms with Crippen molar-refractivity contribution in [2.24, 2.45) is 5.73 Å². The highest BCUT2D eigenvalue weighted by Gasteiger charge is 2.04. The van der Waals surface area contributed by atoms with E-state index in [2.05, 4.69) is 0 Å². The summed E-state index contributed by atoms with van der Waals surface area (Å²) in [5.41, 5.74) is 7.26. The van der Waals surface area contributed by atoms with Crippen LogP contribution < -0.4 is 5.73 Å². The standard InChI is InChI=1S/C10H12N2O/c11-7-8-2-1-3-9(6-8)10(12)4-5-13/h1-3,6,10,13H,4-5,12H2/t10-/m1/s1. The van der Waals surface area contributed by atoms with E-state index in [0.29, 0.717) is 12.0 Å². The smallest absolute Gasteiger partial charge is 0.0991 e. The van der Waals surface area contributed by atoms with Gasteiger partial charge in [0.05, 0.1) is 11.6 Å². The lowest BCUT2D eigenvalue weighted by Crippen LogP contribution is -2.11. The molecule has 3 heteroatoms. The molecule has 1 aromatic rings. The Bertz CT molecular complexity index is 317. The molecule has 0 saturated heterocycles. The molecule has 0 fully saturated rings. The molecule has 0 radical (unpaired) electrons. The van der Waals surface area contributed by atoms with Crippen LogP contribution in [0.25, 0.3) is 0 Å². The van der Waals surface area contributed by atoms with Crippen LogP contribution in [0.3, 0.4) is 0 Å². The molecule has 0 bridgehead atoms. The van der Waals surface area contributed by atoms with Crippen molar-refractivity contribution >= 4 is 0 Å². The molecule has 0 aliphatic rings. The Morgan fingerprint density at radius 1 is 1.54 bits per heavy atom. The van der Waals surface area contributed by atoms with Crippen LogP contribution in [0.5, 0.6) is 0 Å². The van der Waals surface area contributed by atoms with E-state index in [1.165, 1.54) is 0 Å². The van der Waals surface area contributed by atoms with Gasteiger partial charge in [0.2, 0.25) is 0 Å². The highest BCUT2D eigenvalue weighted by Crippen LogP contribution is 2.14. The summed E-state index contributed by atoms with van der Waals surface area (Å²) >= 11 is 0. The molecule has 3 nitrogen and oxygen atoms in total. The lowest BCUT2D eigenvalue weighted by molar-refractivity contribution is 0.276. The largest absolute Gasteiger partial charge is 0.396 e. The maximum atomic E-state index is 8.68. The van der Waals surface area contributed by atoms with Gasteiger partial charge in [0, 0.05) is 12.6 Å². The van der Waals surface area contributed by atoms with Crippen LogP contribution in [0, 0.1) is 11.3 Å². The molecule has 0 amide bonds. The zero-order chi connectivity index (χ0) is 9.68.